The van der Waals surface area contributed by atoms with Gasteiger partial charge in [0, 0.05) is 0 Å². The highest BCUT2D eigenvalue weighted by atomic mass is 16.6. The Hall–Kier alpha value is -1.14. The summed E-state index contributed by atoms with van der Waals surface area (Å²) in [5.74, 6) is -0.787. The summed E-state index contributed by atoms with van der Waals surface area (Å²) < 4.78 is 15.2. The molecule has 0 bridgehead atoms. The van der Waals surface area contributed by atoms with Gasteiger partial charge in [-0.3, -0.25) is 4.79 Å². The summed E-state index contributed by atoms with van der Waals surface area (Å²) in [6, 6.07) is 0. The third kappa shape index (κ3) is 3.68. The Balaban J connectivity index is 2.64. The highest BCUT2D eigenvalue weighted by Gasteiger charge is 2.37. The summed E-state index contributed by atoms with van der Waals surface area (Å²) in [5, 5.41) is 2.70. The van der Waals surface area contributed by atoms with Gasteiger partial charge in [-0.2, -0.15) is 0 Å². The molecule has 1 rings (SSSR count). The van der Waals surface area contributed by atoms with Crippen LogP contribution in [-0.4, -0.2) is 50.4 Å². The Morgan fingerprint density at radius 2 is 2.17 bits per heavy atom. The summed E-state index contributed by atoms with van der Waals surface area (Å²) in [7, 11) is 1.31. The maximum atomic E-state index is 12.0. The van der Waals surface area contributed by atoms with Crippen molar-refractivity contribution >= 4 is 11.9 Å². The van der Waals surface area contributed by atoms with Gasteiger partial charge in [0.1, 0.15) is 5.54 Å². The fourth-order valence-electron chi connectivity index (χ4n) is 1.93. The van der Waals surface area contributed by atoms with Crippen LogP contribution in [-0.2, 0) is 23.8 Å². The zero-order chi connectivity index (χ0) is 13.6. The Bertz CT molecular complexity index is 301. The Labute approximate surface area is 107 Å². The predicted octanol–water partition coefficient (Wildman–Crippen LogP) is 0.250. The van der Waals surface area contributed by atoms with E-state index in [0.29, 0.717) is 19.6 Å². The van der Waals surface area contributed by atoms with Crippen LogP contribution >= 0.6 is 0 Å². The largest absolute Gasteiger partial charge is 0.467 e. The third-order valence-corrected chi connectivity index (χ3v) is 2.89. The molecule has 0 aromatic heterocycles. The first kappa shape index (κ1) is 14.9. The van der Waals surface area contributed by atoms with E-state index in [0.717, 1.165) is 6.42 Å². The Morgan fingerprint density at radius 3 is 2.67 bits per heavy atom. The number of ether oxygens (including phenoxy) is 3. The SMILES string of the molecule is CCCC(C)(NC(=O)C1COCCO1)C(=O)OC. The van der Waals surface area contributed by atoms with Gasteiger partial charge in [0.25, 0.3) is 5.91 Å². The smallest absolute Gasteiger partial charge is 0.331 e. The summed E-state index contributed by atoms with van der Waals surface area (Å²) in [4.78, 5) is 23.7. The summed E-state index contributed by atoms with van der Waals surface area (Å²) in [5.41, 5.74) is -1.01. The average molecular weight is 259 g/mol. The van der Waals surface area contributed by atoms with Crippen LogP contribution in [0.25, 0.3) is 0 Å². The fourth-order valence-corrected chi connectivity index (χ4v) is 1.93. The lowest BCUT2D eigenvalue weighted by Crippen LogP contribution is -2.57. The van der Waals surface area contributed by atoms with Crippen LogP contribution in [0.3, 0.4) is 0 Å². The van der Waals surface area contributed by atoms with Crippen LogP contribution in [0.15, 0.2) is 0 Å². The molecule has 1 amide bonds. The monoisotopic (exact) mass is 259 g/mol. The molecule has 1 heterocycles. The molecule has 0 aliphatic carbocycles. The predicted molar refractivity (Wildman–Crippen MR) is 64.0 cm³/mol. The number of carbonyl (C=O) groups is 2. The minimum Gasteiger partial charge on any atom is -0.467 e. The number of esters is 1. The minimum absolute atomic E-state index is 0.217. The number of hydrogen-bond donors (Lipinski definition) is 1. The lowest BCUT2D eigenvalue weighted by molar-refractivity contribution is -0.157. The van der Waals surface area contributed by atoms with Crippen LogP contribution in [0.4, 0.5) is 0 Å². The molecule has 0 aromatic rings. The van der Waals surface area contributed by atoms with Crippen molar-refractivity contribution in [2.45, 2.75) is 38.3 Å². The molecule has 6 nitrogen and oxygen atoms in total. The van der Waals surface area contributed by atoms with E-state index in [2.05, 4.69) is 5.32 Å². The molecule has 1 aliphatic heterocycles. The minimum atomic E-state index is -1.01. The zero-order valence-electron chi connectivity index (χ0n) is 11.2. The van der Waals surface area contributed by atoms with Crippen molar-refractivity contribution in [1.29, 1.82) is 0 Å². The molecule has 1 fully saturated rings. The lowest BCUT2D eigenvalue weighted by Gasteiger charge is -2.30. The standard InChI is InChI=1S/C12H21NO5/c1-4-5-12(2,11(15)16-3)13-10(14)9-8-17-6-7-18-9/h9H,4-8H2,1-3H3,(H,13,14). The van der Waals surface area contributed by atoms with Gasteiger partial charge >= 0.3 is 5.97 Å². The van der Waals surface area contributed by atoms with Crippen molar-refractivity contribution in [2.24, 2.45) is 0 Å². The van der Waals surface area contributed by atoms with Crippen LogP contribution in [0.5, 0.6) is 0 Å². The number of hydrogen-bond acceptors (Lipinski definition) is 5. The van der Waals surface area contributed by atoms with Gasteiger partial charge in [-0.05, 0) is 13.3 Å². The van der Waals surface area contributed by atoms with Crippen LogP contribution in [0.2, 0.25) is 0 Å². The first-order valence-electron chi connectivity index (χ1n) is 6.13. The van der Waals surface area contributed by atoms with Crippen molar-refractivity contribution < 1.29 is 23.8 Å². The normalized spacial score (nSPS) is 22.9. The average Bonchev–Trinajstić information content (AvgIpc) is 2.39. The van der Waals surface area contributed by atoms with Crippen molar-refractivity contribution in [3.63, 3.8) is 0 Å². The van der Waals surface area contributed by atoms with Crippen molar-refractivity contribution in [3.8, 4) is 0 Å². The van der Waals surface area contributed by atoms with Gasteiger partial charge < -0.3 is 19.5 Å². The molecule has 1 aliphatic rings. The highest BCUT2D eigenvalue weighted by Crippen LogP contribution is 2.15. The second-order valence-corrected chi connectivity index (χ2v) is 4.50. The van der Waals surface area contributed by atoms with E-state index < -0.39 is 17.6 Å². The quantitative estimate of drug-likeness (QED) is 0.716. The second-order valence-electron chi connectivity index (χ2n) is 4.50. The van der Waals surface area contributed by atoms with E-state index in [-0.39, 0.29) is 12.5 Å². The van der Waals surface area contributed by atoms with Gasteiger partial charge in [-0.15, -0.1) is 0 Å². The molecule has 1 N–H and O–H groups in total. The van der Waals surface area contributed by atoms with Crippen LogP contribution < -0.4 is 5.32 Å². The molecule has 6 heteroatoms. The van der Waals surface area contributed by atoms with Crippen molar-refractivity contribution in [2.75, 3.05) is 26.9 Å². The van der Waals surface area contributed by atoms with E-state index in [1.807, 2.05) is 6.92 Å². The van der Waals surface area contributed by atoms with E-state index in [1.165, 1.54) is 7.11 Å². The van der Waals surface area contributed by atoms with E-state index in [1.54, 1.807) is 6.92 Å². The molecular weight excluding hydrogens is 238 g/mol. The molecule has 18 heavy (non-hydrogen) atoms. The van der Waals surface area contributed by atoms with Crippen molar-refractivity contribution in [1.82, 2.24) is 5.32 Å². The topological polar surface area (TPSA) is 73.9 Å². The first-order valence-corrected chi connectivity index (χ1v) is 6.13. The van der Waals surface area contributed by atoms with Crippen LogP contribution in [0.1, 0.15) is 26.7 Å². The van der Waals surface area contributed by atoms with Gasteiger partial charge in [-0.25, -0.2) is 4.79 Å². The number of nitrogens with one attached hydrogen (secondary N) is 1. The van der Waals surface area contributed by atoms with Gasteiger partial charge in [0.2, 0.25) is 0 Å². The van der Waals surface area contributed by atoms with Crippen LogP contribution in [0, 0.1) is 0 Å². The Morgan fingerprint density at radius 1 is 1.44 bits per heavy atom. The molecule has 0 spiro atoms. The fraction of sp³-hybridized carbons (Fsp3) is 0.833. The maximum Gasteiger partial charge on any atom is 0.331 e. The molecule has 0 radical (unpaired) electrons. The zero-order valence-corrected chi connectivity index (χ0v) is 11.2. The van der Waals surface area contributed by atoms with Gasteiger partial charge in [0.15, 0.2) is 6.10 Å². The summed E-state index contributed by atoms with van der Waals surface area (Å²) in [6.07, 6.45) is 0.618. The number of carbonyl (C=O) groups excluding carboxylic acids is 2. The third-order valence-electron chi connectivity index (χ3n) is 2.89. The van der Waals surface area contributed by atoms with Gasteiger partial charge in [0.05, 0.1) is 26.9 Å². The Kier molecular flexibility index (Phi) is 5.55. The molecule has 2 atom stereocenters. The summed E-state index contributed by atoms with van der Waals surface area (Å²) in [6.45, 7) is 4.69. The molecular formula is C12H21NO5. The van der Waals surface area contributed by atoms with E-state index >= 15 is 0 Å². The number of rotatable bonds is 5. The molecule has 1 saturated heterocycles. The second kappa shape index (κ2) is 6.70. The first-order chi connectivity index (χ1) is 8.53. The maximum absolute atomic E-state index is 12.0. The lowest BCUT2D eigenvalue weighted by atomic mass is 9.96. The summed E-state index contributed by atoms with van der Waals surface area (Å²) >= 11 is 0. The van der Waals surface area contributed by atoms with E-state index in [4.69, 9.17) is 14.2 Å². The van der Waals surface area contributed by atoms with Crippen molar-refractivity contribution in [3.05, 3.63) is 0 Å². The highest BCUT2D eigenvalue weighted by molar-refractivity contribution is 5.89. The molecule has 2 unspecified atom stereocenters. The molecule has 0 saturated carbocycles. The number of methoxy groups -OCH3 is 1. The van der Waals surface area contributed by atoms with Gasteiger partial charge in [-0.1, -0.05) is 13.3 Å². The molecule has 0 aromatic carbocycles. The van der Waals surface area contributed by atoms with E-state index in [9.17, 15) is 9.59 Å². The molecule has 104 valence electrons. The number of amides is 1.